The van der Waals surface area contributed by atoms with Gasteiger partial charge in [0.05, 0.1) is 0 Å². The van der Waals surface area contributed by atoms with Crippen LogP contribution in [0.5, 0.6) is 0 Å². The van der Waals surface area contributed by atoms with Gasteiger partial charge in [0.25, 0.3) is 0 Å². The largest absolute Gasteiger partial charge is 0.398 e. The van der Waals surface area contributed by atoms with E-state index in [1.54, 1.807) is 0 Å². The van der Waals surface area contributed by atoms with Crippen molar-refractivity contribution in [1.29, 1.82) is 0 Å². The summed E-state index contributed by atoms with van der Waals surface area (Å²) in [7, 11) is 0. The summed E-state index contributed by atoms with van der Waals surface area (Å²) >= 11 is 0. The van der Waals surface area contributed by atoms with Crippen molar-refractivity contribution in [2.45, 2.75) is 13.8 Å². The highest BCUT2D eigenvalue weighted by molar-refractivity contribution is 5.82. The Hall–Kier alpha value is -1.96. The smallest absolute Gasteiger partial charge is 0.0423 e. The number of hydrogen-bond donors (Lipinski definition) is 2. The third-order valence-electron chi connectivity index (χ3n) is 2.99. The van der Waals surface area contributed by atoms with Crippen LogP contribution < -0.4 is 11.5 Å². The number of hydrogen-bond acceptors (Lipinski definition) is 2. The quantitative estimate of drug-likeness (QED) is 0.713. The number of benzene rings is 2. The minimum Gasteiger partial charge on any atom is -0.398 e. The molecule has 0 heterocycles. The van der Waals surface area contributed by atoms with Gasteiger partial charge in [-0.1, -0.05) is 30.3 Å². The molecule has 2 aromatic carbocycles. The molecule has 0 bridgehead atoms. The van der Waals surface area contributed by atoms with E-state index in [9.17, 15) is 0 Å². The maximum atomic E-state index is 6.09. The van der Waals surface area contributed by atoms with E-state index in [0.29, 0.717) is 0 Å². The summed E-state index contributed by atoms with van der Waals surface area (Å²) in [6.45, 7) is 4.03. The van der Waals surface area contributed by atoms with E-state index in [2.05, 4.69) is 6.07 Å². The molecule has 2 aromatic rings. The van der Waals surface area contributed by atoms with Crippen molar-refractivity contribution in [3.63, 3.8) is 0 Å². The summed E-state index contributed by atoms with van der Waals surface area (Å²) in [5.74, 6) is 0. The molecule has 0 aliphatic carbocycles. The van der Waals surface area contributed by atoms with E-state index in [0.717, 1.165) is 33.6 Å². The van der Waals surface area contributed by atoms with Crippen LogP contribution in [0.1, 0.15) is 11.1 Å². The van der Waals surface area contributed by atoms with Gasteiger partial charge in [-0.05, 0) is 36.6 Å². The Kier molecular flexibility index (Phi) is 2.57. The SMILES string of the molecule is Cc1cccc(-c2cccc(N)c2C)c1N. The lowest BCUT2D eigenvalue weighted by atomic mass is 9.96. The van der Waals surface area contributed by atoms with Gasteiger partial charge in [0.2, 0.25) is 0 Å². The van der Waals surface area contributed by atoms with Crippen molar-refractivity contribution in [2.24, 2.45) is 0 Å². The molecule has 2 nitrogen and oxygen atoms in total. The summed E-state index contributed by atoms with van der Waals surface area (Å²) in [6, 6.07) is 12.0. The highest BCUT2D eigenvalue weighted by Crippen LogP contribution is 2.32. The summed E-state index contributed by atoms with van der Waals surface area (Å²) in [4.78, 5) is 0. The number of aryl methyl sites for hydroxylation is 1. The summed E-state index contributed by atoms with van der Waals surface area (Å²) in [5, 5.41) is 0. The van der Waals surface area contributed by atoms with Crippen LogP contribution in [0, 0.1) is 13.8 Å². The monoisotopic (exact) mass is 212 g/mol. The second kappa shape index (κ2) is 3.89. The van der Waals surface area contributed by atoms with Gasteiger partial charge in [0, 0.05) is 16.9 Å². The molecule has 0 unspecified atom stereocenters. The molecule has 0 aliphatic rings. The van der Waals surface area contributed by atoms with Gasteiger partial charge in [-0.15, -0.1) is 0 Å². The summed E-state index contributed by atoms with van der Waals surface area (Å²) in [6.07, 6.45) is 0. The zero-order valence-corrected chi connectivity index (χ0v) is 9.62. The lowest BCUT2D eigenvalue weighted by Gasteiger charge is -2.12. The van der Waals surface area contributed by atoms with Crippen molar-refractivity contribution >= 4 is 11.4 Å². The molecule has 0 radical (unpaired) electrons. The van der Waals surface area contributed by atoms with Gasteiger partial charge < -0.3 is 11.5 Å². The molecule has 0 aromatic heterocycles. The summed E-state index contributed by atoms with van der Waals surface area (Å²) < 4.78 is 0. The van der Waals surface area contributed by atoms with Crippen molar-refractivity contribution in [1.82, 2.24) is 0 Å². The normalized spacial score (nSPS) is 10.4. The number of nitrogen functional groups attached to an aromatic ring is 2. The number of para-hydroxylation sites is 1. The van der Waals surface area contributed by atoms with Gasteiger partial charge in [0.1, 0.15) is 0 Å². The van der Waals surface area contributed by atoms with Crippen LogP contribution in [0.15, 0.2) is 36.4 Å². The molecule has 0 atom stereocenters. The molecule has 0 aliphatic heterocycles. The minimum atomic E-state index is 0.804. The van der Waals surface area contributed by atoms with E-state index >= 15 is 0 Å². The molecule has 82 valence electrons. The molecule has 0 spiro atoms. The molecular formula is C14H16N2. The molecule has 4 N–H and O–H groups in total. The van der Waals surface area contributed by atoms with Crippen molar-refractivity contribution in [3.05, 3.63) is 47.5 Å². The molecular weight excluding hydrogens is 196 g/mol. The first kappa shape index (κ1) is 10.6. The topological polar surface area (TPSA) is 52.0 Å². The molecule has 2 heteroatoms. The fraction of sp³-hybridized carbons (Fsp3) is 0.143. The highest BCUT2D eigenvalue weighted by atomic mass is 14.6. The van der Waals surface area contributed by atoms with Crippen LogP contribution in [-0.4, -0.2) is 0 Å². The fourth-order valence-corrected chi connectivity index (χ4v) is 1.86. The average molecular weight is 212 g/mol. The van der Waals surface area contributed by atoms with Gasteiger partial charge in [-0.2, -0.15) is 0 Å². The number of nitrogens with two attached hydrogens (primary N) is 2. The lowest BCUT2D eigenvalue weighted by molar-refractivity contribution is 1.43. The Morgan fingerprint density at radius 3 is 2.19 bits per heavy atom. The van der Waals surface area contributed by atoms with Crippen molar-refractivity contribution in [3.8, 4) is 11.1 Å². The zero-order valence-electron chi connectivity index (χ0n) is 9.62. The second-order valence-corrected chi connectivity index (χ2v) is 4.06. The number of anilines is 2. The predicted molar refractivity (Wildman–Crippen MR) is 70.2 cm³/mol. The first-order chi connectivity index (χ1) is 7.61. The zero-order chi connectivity index (χ0) is 11.7. The van der Waals surface area contributed by atoms with Gasteiger partial charge in [-0.3, -0.25) is 0 Å². The Morgan fingerprint density at radius 2 is 1.44 bits per heavy atom. The van der Waals surface area contributed by atoms with Crippen LogP contribution in [0.4, 0.5) is 11.4 Å². The maximum Gasteiger partial charge on any atom is 0.0423 e. The highest BCUT2D eigenvalue weighted by Gasteiger charge is 2.08. The second-order valence-electron chi connectivity index (χ2n) is 4.06. The summed E-state index contributed by atoms with van der Waals surface area (Å²) in [5.41, 5.74) is 18.0. The molecule has 2 rings (SSSR count). The Morgan fingerprint density at radius 1 is 0.812 bits per heavy atom. The minimum absolute atomic E-state index is 0.804. The molecule has 0 fully saturated rings. The van der Waals surface area contributed by atoms with E-state index in [4.69, 9.17) is 11.5 Å². The Labute approximate surface area is 95.9 Å². The third kappa shape index (κ3) is 1.63. The van der Waals surface area contributed by atoms with Gasteiger partial charge in [-0.25, -0.2) is 0 Å². The van der Waals surface area contributed by atoms with Crippen molar-refractivity contribution < 1.29 is 0 Å². The van der Waals surface area contributed by atoms with Crippen LogP contribution in [0.3, 0.4) is 0 Å². The predicted octanol–water partition coefficient (Wildman–Crippen LogP) is 3.13. The van der Waals surface area contributed by atoms with Gasteiger partial charge >= 0.3 is 0 Å². The number of rotatable bonds is 1. The molecule has 0 amide bonds. The van der Waals surface area contributed by atoms with Crippen LogP contribution in [0.2, 0.25) is 0 Å². The van der Waals surface area contributed by atoms with Crippen LogP contribution in [0.25, 0.3) is 11.1 Å². The first-order valence-corrected chi connectivity index (χ1v) is 5.32. The Bertz CT molecular complexity index is 481. The fourth-order valence-electron chi connectivity index (χ4n) is 1.86. The maximum absolute atomic E-state index is 6.09. The van der Waals surface area contributed by atoms with Crippen LogP contribution >= 0.6 is 0 Å². The van der Waals surface area contributed by atoms with E-state index in [-0.39, 0.29) is 0 Å². The van der Waals surface area contributed by atoms with E-state index in [1.807, 2.05) is 44.2 Å². The lowest BCUT2D eigenvalue weighted by Crippen LogP contribution is -1.97. The standard InChI is InChI=1S/C14H16N2/c1-9-5-3-7-12(14(9)16)11-6-4-8-13(15)10(11)2/h3-8H,15-16H2,1-2H3. The van der Waals surface area contributed by atoms with Crippen LogP contribution in [-0.2, 0) is 0 Å². The first-order valence-electron chi connectivity index (χ1n) is 5.32. The van der Waals surface area contributed by atoms with E-state index in [1.165, 1.54) is 0 Å². The molecule has 16 heavy (non-hydrogen) atoms. The van der Waals surface area contributed by atoms with E-state index < -0.39 is 0 Å². The average Bonchev–Trinajstić information content (AvgIpc) is 2.27. The molecule has 0 saturated carbocycles. The van der Waals surface area contributed by atoms with Gasteiger partial charge in [0.15, 0.2) is 0 Å². The molecule has 0 saturated heterocycles. The van der Waals surface area contributed by atoms with Crippen molar-refractivity contribution in [2.75, 3.05) is 11.5 Å². The Balaban J connectivity index is 2.68. The third-order valence-corrected chi connectivity index (χ3v) is 2.99.